The van der Waals surface area contributed by atoms with Gasteiger partial charge in [-0.05, 0) is 64.3 Å². The van der Waals surface area contributed by atoms with E-state index in [1.165, 1.54) is 5.56 Å². The molecular formula is C23H25O3P. The van der Waals surface area contributed by atoms with Crippen LogP contribution in [0.5, 0.6) is 5.75 Å². The zero-order valence-corrected chi connectivity index (χ0v) is 17.2. The van der Waals surface area contributed by atoms with E-state index in [-0.39, 0.29) is 5.41 Å². The fourth-order valence-corrected chi connectivity index (χ4v) is 3.43. The zero-order valence-electron chi connectivity index (χ0n) is 16.2. The van der Waals surface area contributed by atoms with Crippen LogP contribution in [0.3, 0.4) is 0 Å². The maximum atomic E-state index is 11.2. The van der Waals surface area contributed by atoms with Gasteiger partial charge in [0.05, 0.1) is 5.56 Å². The Morgan fingerprint density at radius 1 is 0.963 bits per heavy atom. The molecule has 1 N–H and O–H groups in total. The molecule has 1 atom stereocenters. The fraction of sp³-hybridized carbons (Fsp3) is 0.261. The summed E-state index contributed by atoms with van der Waals surface area (Å²) in [5.41, 5.74) is 3.73. The standard InChI is InChI=1S/C23H25O3P/c1-23(2,3)20-13-18(9-10-21(20)26-14-27-4)16-5-6-17-12-19(22(24)25)8-7-15(17)11-16/h5-13,27H,14H2,1-4H3,(H,24,25). The van der Waals surface area contributed by atoms with Gasteiger partial charge >= 0.3 is 5.97 Å². The van der Waals surface area contributed by atoms with Crippen molar-refractivity contribution in [1.29, 1.82) is 0 Å². The minimum absolute atomic E-state index is 0.0184. The van der Waals surface area contributed by atoms with E-state index < -0.39 is 5.97 Å². The van der Waals surface area contributed by atoms with Crippen molar-refractivity contribution in [3.8, 4) is 16.9 Å². The molecule has 0 saturated heterocycles. The summed E-state index contributed by atoms with van der Waals surface area (Å²) >= 11 is 0. The number of hydrogen-bond acceptors (Lipinski definition) is 2. The lowest BCUT2D eigenvalue weighted by atomic mass is 9.84. The number of aromatic carboxylic acids is 1. The number of ether oxygens (including phenoxy) is 1. The third-order valence-corrected chi connectivity index (χ3v) is 5.01. The maximum Gasteiger partial charge on any atom is 0.335 e. The molecule has 0 aliphatic carbocycles. The topological polar surface area (TPSA) is 46.5 Å². The first-order chi connectivity index (χ1) is 12.8. The number of rotatable bonds is 5. The highest BCUT2D eigenvalue weighted by atomic mass is 31.1. The molecule has 140 valence electrons. The van der Waals surface area contributed by atoms with Gasteiger partial charge in [-0.3, -0.25) is 0 Å². The fourth-order valence-electron chi connectivity index (χ4n) is 3.13. The lowest BCUT2D eigenvalue weighted by Gasteiger charge is -2.24. The van der Waals surface area contributed by atoms with Crippen molar-refractivity contribution in [3.05, 3.63) is 65.7 Å². The van der Waals surface area contributed by atoms with E-state index in [9.17, 15) is 4.79 Å². The van der Waals surface area contributed by atoms with Crippen LogP contribution in [0.15, 0.2) is 54.6 Å². The number of hydrogen-bond donors (Lipinski definition) is 1. The van der Waals surface area contributed by atoms with Crippen LogP contribution in [0, 0.1) is 0 Å². The summed E-state index contributed by atoms with van der Waals surface area (Å²) in [5.74, 6) is 0.0477. The van der Waals surface area contributed by atoms with E-state index in [1.54, 1.807) is 12.1 Å². The molecule has 0 spiro atoms. The van der Waals surface area contributed by atoms with Crippen molar-refractivity contribution in [2.45, 2.75) is 26.2 Å². The third-order valence-electron chi connectivity index (χ3n) is 4.58. The van der Waals surface area contributed by atoms with Crippen LogP contribution in [-0.4, -0.2) is 24.1 Å². The molecule has 0 radical (unpaired) electrons. The summed E-state index contributed by atoms with van der Waals surface area (Å²) in [5, 5.41) is 11.1. The third kappa shape index (κ3) is 4.31. The molecule has 0 aliphatic rings. The summed E-state index contributed by atoms with van der Waals surface area (Å²) in [6.07, 6.45) is 0.740. The SMILES string of the molecule is CPCOc1ccc(-c2ccc3cc(C(=O)O)ccc3c2)cc1C(C)(C)C. The van der Waals surface area contributed by atoms with E-state index in [4.69, 9.17) is 9.84 Å². The average Bonchev–Trinajstić information content (AvgIpc) is 2.64. The van der Waals surface area contributed by atoms with Crippen LogP contribution in [0.1, 0.15) is 36.7 Å². The molecule has 27 heavy (non-hydrogen) atoms. The predicted molar refractivity (Wildman–Crippen MR) is 115 cm³/mol. The molecule has 0 bridgehead atoms. The molecule has 0 heterocycles. The quantitative estimate of drug-likeness (QED) is 0.540. The highest BCUT2D eigenvalue weighted by Crippen LogP contribution is 2.36. The van der Waals surface area contributed by atoms with Crippen LogP contribution >= 0.6 is 8.58 Å². The molecule has 3 aromatic rings. The molecule has 3 aromatic carbocycles. The van der Waals surface area contributed by atoms with Gasteiger partial charge in [-0.25, -0.2) is 4.79 Å². The van der Waals surface area contributed by atoms with Crippen molar-refractivity contribution >= 4 is 25.3 Å². The minimum atomic E-state index is -0.904. The molecule has 0 aromatic heterocycles. The molecule has 0 amide bonds. The van der Waals surface area contributed by atoms with E-state index in [0.717, 1.165) is 42.6 Å². The van der Waals surface area contributed by atoms with Gasteiger partial charge in [0.15, 0.2) is 0 Å². The van der Waals surface area contributed by atoms with E-state index in [0.29, 0.717) is 5.56 Å². The first-order valence-electron chi connectivity index (χ1n) is 8.99. The summed E-state index contributed by atoms with van der Waals surface area (Å²) in [6.45, 7) is 8.72. The van der Waals surface area contributed by atoms with Gasteiger partial charge < -0.3 is 9.84 Å². The van der Waals surface area contributed by atoms with Crippen LogP contribution in [0.4, 0.5) is 0 Å². The van der Waals surface area contributed by atoms with Gasteiger partial charge in [-0.1, -0.05) is 53.6 Å². The Hall–Kier alpha value is -2.38. The molecule has 1 unspecified atom stereocenters. The predicted octanol–water partition coefficient (Wildman–Crippen LogP) is 6.15. The second-order valence-corrected chi connectivity index (χ2v) is 8.68. The van der Waals surface area contributed by atoms with Crippen LogP contribution in [0.25, 0.3) is 21.9 Å². The molecule has 0 saturated carbocycles. The number of fused-ring (bicyclic) bond motifs is 1. The van der Waals surface area contributed by atoms with Crippen molar-refractivity contribution in [2.24, 2.45) is 0 Å². The van der Waals surface area contributed by atoms with Crippen molar-refractivity contribution < 1.29 is 14.6 Å². The molecule has 4 heteroatoms. The summed E-state index contributed by atoms with van der Waals surface area (Å²) in [7, 11) is 0.755. The van der Waals surface area contributed by atoms with Gasteiger partial charge in [0.2, 0.25) is 0 Å². The van der Waals surface area contributed by atoms with Gasteiger partial charge in [-0.15, -0.1) is 0 Å². The first kappa shape index (κ1) is 19.4. The highest BCUT2D eigenvalue weighted by Gasteiger charge is 2.20. The Labute approximate surface area is 162 Å². The van der Waals surface area contributed by atoms with Gasteiger partial charge in [0, 0.05) is 5.56 Å². The van der Waals surface area contributed by atoms with Crippen LogP contribution in [0.2, 0.25) is 0 Å². The Morgan fingerprint density at radius 3 is 2.26 bits per heavy atom. The Kier molecular flexibility index (Phi) is 5.53. The van der Waals surface area contributed by atoms with Crippen LogP contribution < -0.4 is 4.74 Å². The lowest BCUT2D eigenvalue weighted by molar-refractivity contribution is 0.0697. The maximum absolute atomic E-state index is 11.2. The van der Waals surface area contributed by atoms with E-state index >= 15 is 0 Å². The largest absolute Gasteiger partial charge is 0.489 e. The smallest absolute Gasteiger partial charge is 0.335 e. The van der Waals surface area contributed by atoms with Crippen molar-refractivity contribution in [2.75, 3.05) is 13.0 Å². The van der Waals surface area contributed by atoms with E-state index in [1.807, 2.05) is 18.2 Å². The second kappa shape index (κ2) is 7.70. The molecule has 3 nitrogen and oxygen atoms in total. The molecular weight excluding hydrogens is 355 g/mol. The zero-order chi connectivity index (χ0) is 19.6. The van der Waals surface area contributed by atoms with Crippen molar-refractivity contribution in [1.82, 2.24) is 0 Å². The van der Waals surface area contributed by atoms with Gasteiger partial charge in [0.25, 0.3) is 0 Å². The minimum Gasteiger partial charge on any atom is -0.489 e. The Morgan fingerprint density at radius 2 is 1.59 bits per heavy atom. The summed E-state index contributed by atoms with van der Waals surface area (Å²) < 4.78 is 5.97. The number of carboxylic acids is 1. The van der Waals surface area contributed by atoms with Gasteiger partial charge in [0.1, 0.15) is 12.1 Å². The summed E-state index contributed by atoms with van der Waals surface area (Å²) in [6, 6.07) is 17.7. The van der Waals surface area contributed by atoms with Crippen LogP contribution in [-0.2, 0) is 5.41 Å². The molecule has 0 aliphatic heterocycles. The summed E-state index contributed by atoms with van der Waals surface area (Å²) in [4.78, 5) is 11.2. The average molecular weight is 380 g/mol. The molecule has 0 fully saturated rings. The van der Waals surface area contributed by atoms with Gasteiger partial charge in [-0.2, -0.15) is 0 Å². The monoisotopic (exact) mass is 380 g/mol. The number of carbonyl (C=O) groups is 1. The second-order valence-electron chi connectivity index (χ2n) is 7.69. The number of carboxylic acid groups (broad SMARTS) is 1. The Bertz CT molecular complexity index is 987. The first-order valence-corrected chi connectivity index (χ1v) is 10.7. The normalized spacial score (nSPS) is 12.0. The Balaban J connectivity index is 2.05. The number of benzene rings is 3. The highest BCUT2D eigenvalue weighted by molar-refractivity contribution is 7.36. The molecule has 3 rings (SSSR count). The lowest BCUT2D eigenvalue weighted by Crippen LogP contribution is -2.13. The van der Waals surface area contributed by atoms with E-state index in [2.05, 4.69) is 51.7 Å². The van der Waals surface area contributed by atoms with Crippen molar-refractivity contribution in [3.63, 3.8) is 0 Å².